The van der Waals surface area contributed by atoms with Crippen LogP contribution in [0.15, 0.2) is 22.6 Å². The van der Waals surface area contributed by atoms with Crippen molar-refractivity contribution in [1.29, 1.82) is 0 Å². The van der Waals surface area contributed by atoms with Crippen LogP contribution in [0.5, 0.6) is 0 Å². The molecule has 0 amide bonds. The predicted octanol–water partition coefficient (Wildman–Crippen LogP) is 3.27. The van der Waals surface area contributed by atoms with Gasteiger partial charge in [0.2, 0.25) is 5.89 Å². The van der Waals surface area contributed by atoms with E-state index in [-0.39, 0.29) is 0 Å². The number of halogens is 1. The molecule has 2 N–H and O–H groups in total. The fourth-order valence-corrected chi connectivity index (χ4v) is 1.64. The highest BCUT2D eigenvalue weighted by Crippen LogP contribution is 2.22. The lowest BCUT2D eigenvalue weighted by Crippen LogP contribution is -2.21. The molecular formula is C13H17ClN4O. The van der Waals surface area contributed by atoms with Gasteiger partial charge in [0.25, 0.3) is 0 Å². The molecule has 0 atom stereocenters. The molecule has 0 saturated heterocycles. The van der Waals surface area contributed by atoms with Crippen molar-refractivity contribution >= 4 is 23.3 Å². The zero-order chi connectivity index (χ0) is 13.8. The third-order valence-electron chi connectivity index (χ3n) is 2.55. The molecule has 0 aliphatic heterocycles. The third kappa shape index (κ3) is 3.94. The van der Waals surface area contributed by atoms with E-state index in [1.165, 1.54) is 0 Å². The average Bonchev–Trinajstić information content (AvgIpc) is 2.79. The molecule has 0 fully saturated rings. The Kier molecular flexibility index (Phi) is 4.39. The predicted molar refractivity (Wildman–Crippen MR) is 75.7 cm³/mol. The second-order valence-electron chi connectivity index (χ2n) is 4.63. The van der Waals surface area contributed by atoms with Gasteiger partial charge >= 0.3 is 6.01 Å². The Bertz CT molecular complexity index is 553. The molecule has 0 aliphatic rings. The van der Waals surface area contributed by atoms with E-state index in [4.69, 9.17) is 16.0 Å². The fraction of sp³-hybridized carbons (Fsp3) is 0.385. The summed E-state index contributed by atoms with van der Waals surface area (Å²) in [6, 6.07) is 6.41. The van der Waals surface area contributed by atoms with E-state index in [1.54, 1.807) is 0 Å². The molecule has 1 aromatic heterocycles. The van der Waals surface area contributed by atoms with Gasteiger partial charge in [-0.15, -0.1) is 5.10 Å². The van der Waals surface area contributed by atoms with Gasteiger partial charge in [-0.05, 0) is 24.6 Å². The Morgan fingerprint density at radius 3 is 2.79 bits per heavy atom. The molecule has 2 aromatic rings. The van der Waals surface area contributed by atoms with Gasteiger partial charge in [0.15, 0.2) is 0 Å². The second kappa shape index (κ2) is 6.04. The minimum Gasteiger partial charge on any atom is -0.406 e. The van der Waals surface area contributed by atoms with Gasteiger partial charge in [0, 0.05) is 16.8 Å². The smallest absolute Gasteiger partial charge is 0.320 e. The number of nitrogens with zero attached hydrogens (tertiary/aromatic N) is 2. The number of anilines is 2. The Morgan fingerprint density at radius 1 is 1.32 bits per heavy atom. The first kappa shape index (κ1) is 13.8. The highest BCUT2D eigenvalue weighted by atomic mass is 35.5. The van der Waals surface area contributed by atoms with Crippen molar-refractivity contribution in [2.45, 2.75) is 33.4 Å². The Hall–Kier alpha value is -1.59. The number of hydrogen-bond acceptors (Lipinski definition) is 5. The van der Waals surface area contributed by atoms with E-state index >= 15 is 0 Å². The van der Waals surface area contributed by atoms with Crippen LogP contribution in [0.1, 0.15) is 25.3 Å². The molecule has 0 bridgehead atoms. The van der Waals surface area contributed by atoms with Gasteiger partial charge in [-0.3, -0.25) is 0 Å². The summed E-state index contributed by atoms with van der Waals surface area (Å²) in [5.41, 5.74) is 1.85. The van der Waals surface area contributed by atoms with Crippen molar-refractivity contribution in [2.24, 2.45) is 0 Å². The van der Waals surface area contributed by atoms with E-state index in [1.807, 2.05) is 25.1 Å². The topological polar surface area (TPSA) is 63.0 Å². The molecule has 0 radical (unpaired) electrons. The molecule has 1 heterocycles. The number of nitrogens with one attached hydrogen (secondary N) is 2. The minimum absolute atomic E-state index is 0.362. The van der Waals surface area contributed by atoms with Gasteiger partial charge in [-0.25, -0.2) is 0 Å². The van der Waals surface area contributed by atoms with E-state index < -0.39 is 0 Å². The fourth-order valence-electron chi connectivity index (χ4n) is 1.46. The van der Waals surface area contributed by atoms with Gasteiger partial charge < -0.3 is 15.1 Å². The summed E-state index contributed by atoms with van der Waals surface area (Å²) in [5, 5.41) is 14.8. The van der Waals surface area contributed by atoms with Crippen LogP contribution in [0.2, 0.25) is 5.02 Å². The Balaban J connectivity index is 2.01. The zero-order valence-electron chi connectivity index (χ0n) is 11.2. The molecule has 5 nitrogen and oxygen atoms in total. The van der Waals surface area contributed by atoms with Crippen LogP contribution in [0.3, 0.4) is 0 Å². The maximum absolute atomic E-state index is 6.05. The lowest BCUT2D eigenvalue weighted by Gasteiger charge is -2.04. The average molecular weight is 281 g/mol. The summed E-state index contributed by atoms with van der Waals surface area (Å²) < 4.78 is 5.47. The second-order valence-corrected chi connectivity index (χ2v) is 5.03. The van der Waals surface area contributed by atoms with Gasteiger partial charge in [-0.2, -0.15) is 0 Å². The maximum atomic E-state index is 6.05. The van der Waals surface area contributed by atoms with Crippen LogP contribution in [0, 0.1) is 6.92 Å². The van der Waals surface area contributed by atoms with Crippen molar-refractivity contribution in [3.63, 3.8) is 0 Å². The first-order valence-electron chi connectivity index (χ1n) is 6.13. The lowest BCUT2D eigenvalue weighted by atomic mass is 10.2. The molecule has 1 aromatic carbocycles. The van der Waals surface area contributed by atoms with Crippen molar-refractivity contribution in [1.82, 2.24) is 15.5 Å². The third-order valence-corrected chi connectivity index (χ3v) is 2.96. The monoisotopic (exact) mass is 280 g/mol. The molecule has 102 valence electrons. The van der Waals surface area contributed by atoms with E-state index in [0.717, 1.165) is 11.3 Å². The molecule has 0 unspecified atom stereocenters. The molecule has 0 spiro atoms. The largest absolute Gasteiger partial charge is 0.406 e. The summed E-state index contributed by atoms with van der Waals surface area (Å²) in [7, 11) is 0. The number of aromatic nitrogens is 2. The normalized spacial score (nSPS) is 11.0. The maximum Gasteiger partial charge on any atom is 0.320 e. The number of benzene rings is 1. The molecular weight excluding hydrogens is 264 g/mol. The summed E-state index contributed by atoms with van der Waals surface area (Å²) in [6.45, 7) is 6.63. The molecule has 6 heteroatoms. The highest BCUT2D eigenvalue weighted by molar-refractivity contribution is 6.31. The molecule has 0 aliphatic carbocycles. The van der Waals surface area contributed by atoms with Crippen LogP contribution in [-0.4, -0.2) is 16.2 Å². The summed E-state index contributed by atoms with van der Waals surface area (Å²) in [6.07, 6.45) is 0. The summed E-state index contributed by atoms with van der Waals surface area (Å²) in [4.78, 5) is 0. The molecule has 19 heavy (non-hydrogen) atoms. The Morgan fingerprint density at radius 2 is 2.11 bits per heavy atom. The van der Waals surface area contributed by atoms with Gasteiger partial charge in [0.1, 0.15) is 0 Å². The number of rotatable bonds is 5. The lowest BCUT2D eigenvalue weighted by molar-refractivity contribution is 0.460. The van der Waals surface area contributed by atoms with Crippen molar-refractivity contribution in [3.05, 3.63) is 34.7 Å². The van der Waals surface area contributed by atoms with Crippen LogP contribution >= 0.6 is 11.6 Å². The molecule has 0 saturated carbocycles. The SMILES string of the molecule is Cc1ccc(Nc2nnc(CNC(C)C)o2)cc1Cl. The van der Waals surface area contributed by atoms with E-state index in [9.17, 15) is 0 Å². The van der Waals surface area contributed by atoms with E-state index in [0.29, 0.717) is 29.5 Å². The van der Waals surface area contributed by atoms with Crippen molar-refractivity contribution in [3.8, 4) is 0 Å². The van der Waals surface area contributed by atoms with Crippen LogP contribution < -0.4 is 10.6 Å². The standard InChI is InChI=1S/C13H17ClN4O/c1-8(2)15-7-12-17-18-13(19-12)16-10-5-4-9(3)11(14)6-10/h4-6,8,15H,7H2,1-3H3,(H,16,18). The van der Waals surface area contributed by atoms with Crippen LogP contribution in [0.25, 0.3) is 0 Å². The summed E-state index contributed by atoms with van der Waals surface area (Å²) >= 11 is 6.05. The first-order valence-corrected chi connectivity index (χ1v) is 6.51. The van der Waals surface area contributed by atoms with E-state index in [2.05, 4.69) is 34.7 Å². The molecule has 2 rings (SSSR count). The number of aryl methyl sites for hydroxylation is 1. The van der Waals surface area contributed by atoms with Gasteiger partial charge in [0.05, 0.1) is 6.54 Å². The van der Waals surface area contributed by atoms with Crippen LogP contribution in [0.4, 0.5) is 11.7 Å². The van der Waals surface area contributed by atoms with Crippen molar-refractivity contribution in [2.75, 3.05) is 5.32 Å². The summed E-state index contributed by atoms with van der Waals surface area (Å²) in [5.74, 6) is 0.550. The minimum atomic E-state index is 0.362. The highest BCUT2D eigenvalue weighted by Gasteiger charge is 2.07. The van der Waals surface area contributed by atoms with Crippen LogP contribution in [-0.2, 0) is 6.54 Å². The number of hydrogen-bond donors (Lipinski definition) is 2. The zero-order valence-corrected chi connectivity index (χ0v) is 12.0. The first-order chi connectivity index (χ1) is 9.04. The van der Waals surface area contributed by atoms with Crippen molar-refractivity contribution < 1.29 is 4.42 Å². The Labute approximate surface area is 117 Å². The van der Waals surface area contributed by atoms with Gasteiger partial charge in [-0.1, -0.05) is 36.6 Å². The quantitative estimate of drug-likeness (QED) is 0.880.